The molecule has 0 aromatic carbocycles. The maximum atomic E-state index is 11.9. The van der Waals surface area contributed by atoms with E-state index in [9.17, 15) is 9.59 Å². The zero-order chi connectivity index (χ0) is 15.0. The number of carbonyl (C=O) groups excluding carboxylic acids is 2. The van der Waals surface area contributed by atoms with Gasteiger partial charge in [-0.2, -0.15) is 0 Å². The fraction of sp³-hybridized carbons (Fsp3) is 0.615. The molecule has 1 aromatic rings. The molecular formula is C13H20N2O4S. The maximum absolute atomic E-state index is 11.9. The summed E-state index contributed by atoms with van der Waals surface area (Å²) < 4.78 is 9.87. The summed E-state index contributed by atoms with van der Waals surface area (Å²) in [5, 5.41) is 5.41. The van der Waals surface area contributed by atoms with Crippen LogP contribution in [-0.2, 0) is 25.5 Å². The molecule has 1 heterocycles. The number of nitrogens with zero attached hydrogens (tertiary/aromatic N) is 1. The van der Waals surface area contributed by atoms with Crippen LogP contribution in [0.4, 0.5) is 0 Å². The van der Waals surface area contributed by atoms with E-state index in [1.165, 1.54) is 11.3 Å². The van der Waals surface area contributed by atoms with Crippen molar-refractivity contribution in [3.8, 4) is 0 Å². The van der Waals surface area contributed by atoms with Gasteiger partial charge in [-0.25, -0.2) is 9.78 Å². The number of nitrogens with one attached hydrogen (secondary N) is 1. The Hall–Kier alpha value is -1.47. The molecule has 1 aromatic heterocycles. The molecule has 1 amide bonds. The van der Waals surface area contributed by atoms with E-state index >= 15 is 0 Å². The first-order valence-corrected chi connectivity index (χ1v) is 7.30. The largest absolute Gasteiger partial charge is 0.464 e. The summed E-state index contributed by atoms with van der Waals surface area (Å²) in [6.07, 6.45) is 0.546. The van der Waals surface area contributed by atoms with Crippen LogP contribution in [0.25, 0.3) is 0 Å². The van der Waals surface area contributed by atoms with Gasteiger partial charge in [-0.15, -0.1) is 11.3 Å². The summed E-state index contributed by atoms with van der Waals surface area (Å²) in [5.41, 5.74) is 0.708. The number of hydrogen-bond acceptors (Lipinski definition) is 6. The van der Waals surface area contributed by atoms with E-state index in [0.717, 1.165) is 5.01 Å². The van der Waals surface area contributed by atoms with Gasteiger partial charge >= 0.3 is 5.97 Å². The van der Waals surface area contributed by atoms with Gasteiger partial charge in [0.15, 0.2) is 0 Å². The molecule has 0 unspecified atom stereocenters. The van der Waals surface area contributed by atoms with Crippen molar-refractivity contribution in [3.63, 3.8) is 0 Å². The van der Waals surface area contributed by atoms with Gasteiger partial charge in [0.25, 0.3) is 0 Å². The van der Waals surface area contributed by atoms with Crippen LogP contribution in [-0.4, -0.2) is 43.2 Å². The highest BCUT2D eigenvalue weighted by Crippen LogP contribution is 2.08. The fourth-order valence-electron chi connectivity index (χ4n) is 1.63. The molecule has 0 aliphatic carbocycles. The van der Waals surface area contributed by atoms with E-state index in [0.29, 0.717) is 18.7 Å². The van der Waals surface area contributed by atoms with Gasteiger partial charge < -0.3 is 14.8 Å². The van der Waals surface area contributed by atoms with Crippen LogP contribution < -0.4 is 5.32 Å². The normalized spacial score (nSPS) is 11.9. The van der Waals surface area contributed by atoms with Crippen LogP contribution in [0.15, 0.2) is 5.38 Å². The molecule has 0 radical (unpaired) electrons. The molecular weight excluding hydrogens is 280 g/mol. The minimum Gasteiger partial charge on any atom is -0.464 e. The minimum atomic E-state index is -0.679. The van der Waals surface area contributed by atoms with E-state index in [-0.39, 0.29) is 18.9 Å². The van der Waals surface area contributed by atoms with Crippen LogP contribution in [0.1, 0.15) is 24.0 Å². The van der Waals surface area contributed by atoms with E-state index in [1.807, 2.05) is 12.3 Å². The lowest BCUT2D eigenvalue weighted by Crippen LogP contribution is -2.43. The molecule has 0 saturated heterocycles. The van der Waals surface area contributed by atoms with Gasteiger partial charge in [0.1, 0.15) is 6.04 Å². The number of aromatic nitrogens is 1. The van der Waals surface area contributed by atoms with Gasteiger partial charge in [0, 0.05) is 25.5 Å². The first-order chi connectivity index (χ1) is 9.56. The summed E-state index contributed by atoms with van der Waals surface area (Å²) in [6, 6.07) is -0.679. The Morgan fingerprint density at radius 2 is 2.25 bits per heavy atom. The third-order valence-electron chi connectivity index (χ3n) is 2.53. The first kappa shape index (κ1) is 16.6. The Balaban J connectivity index is 2.54. The highest BCUT2D eigenvalue weighted by Gasteiger charge is 2.22. The lowest BCUT2D eigenvalue weighted by molar-refractivity contribution is -0.147. The number of methoxy groups -OCH3 is 1. The Bertz CT molecular complexity index is 447. The Labute approximate surface area is 122 Å². The van der Waals surface area contributed by atoms with E-state index in [4.69, 9.17) is 9.47 Å². The van der Waals surface area contributed by atoms with Gasteiger partial charge in [0.05, 0.1) is 23.7 Å². The molecule has 7 heteroatoms. The van der Waals surface area contributed by atoms with Crippen LogP contribution in [0, 0.1) is 6.92 Å². The lowest BCUT2D eigenvalue weighted by Gasteiger charge is -2.16. The maximum Gasteiger partial charge on any atom is 0.328 e. The Morgan fingerprint density at radius 1 is 1.50 bits per heavy atom. The minimum absolute atomic E-state index is 0.160. The van der Waals surface area contributed by atoms with Gasteiger partial charge in [-0.05, 0) is 13.8 Å². The average Bonchev–Trinajstić information content (AvgIpc) is 2.80. The number of thiazole rings is 1. The van der Waals surface area contributed by atoms with Crippen molar-refractivity contribution in [2.45, 2.75) is 32.7 Å². The van der Waals surface area contributed by atoms with Crippen molar-refractivity contribution >= 4 is 23.2 Å². The molecule has 0 aliphatic heterocycles. The zero-order valence-corrected chi connectivity index (χ0v) is 12.8. The number of hydrogen-bond donors (Lipinski definition) is 1. The molecule has 0 aliphatic rings. The second kappa shape index (κ2) is 8.65. The number of esters is 1. The monoisotopic (exact) mass is 300 g/mol. The van der Waals surface area contributed by atoms with Crippen LogP contribution in [0.3, 0.4) is 0 Å². The van der Waals surface area contributed by atoms with Crippen molar-refractivity contribution < 1.29 is 19.1 Å². The van der Waals surface area contributed by atoms with Gasteiger partial charge in [-0.3, -0.25) is 4.79 Å². The molecule has 0 spiro atoms. The second-order valence-electron chi connectivity index (χ2n) is 4.19. The van der Waals surface area contributed by atoms with Crippen molar-refractivity contribution in [1.82, 2.24) is 10.3 Å². The fourth-order valence-corrected chi connectivity index (χ4v) is 2.24. The standard InChI is InChI=1S/C13H20N2O4S/c1-4-19-13(17)11(5-6-18-3)15-12(16)7-10-8-20-9(2)14-10/h8,11H,4-7H2,1-3H3,(H,15,16)/t11-/m0/s1. The summed E-state index contributed by atoms with van der Waals surface area (Å²) >= 11 is 1.49. The average molecular weight is 300 g/mol. The van der Waals surface area contributed by atoms with Gasteiger partial charge in [-0.1, -0.05) is 0 Å². The first-order valence-electron chi connectivity index (χ1n) is 6.42. The summed E-state index contributed by atoms with van der Waals surface area (Å²) in [6.45, 7) is 4.26. The Morgan fingerprint density at radius 3 is 2.80 bits per heavy atom. The zero-order valence-electron chi connectivity index (χ0n) is 12.0. The number of ether oxygens (including phenoxy) is 2. The number of carbonyl (C=O) groups is 2. The molecule has 0 bridgehead atoms. The lowest BCUT2D eigenvalue weighted by atomic mass is 10.2. The molecule has 1 N–H and O–H groups in total. The second-order valence-corrected chi connectivity index (χ2v) is 5.25. The van der Waals surface area contributed by atoms with Crippen molar-refractivity contribution in [2.24, 2.45) is 0 Å². The highest BCUT2D eigenvalue weighted by molar-refractivity contribution is 7.09. The van der Waals surface area contributed by atoms with Crippen molar-refractivity contribution in [1.29, 1.82) is 0 Å². The SMILES string of the molecule is CCOC(=O)[C@H](CCOC)NC(=O)Cc1csc(C)n1. The number of amides is 1. The van der Waals surface area contributed by atoms with Gasteiger partial charge in [0.2, 0.25) is 5.91 Å². The van der Waals surface area contributed by atoms with Crippen LogP contribution in [0.5, 0.6) is 0 Å². The third kappa shape index (κ3) is 5.66. The summed E-state index contributed by atoms with van der Waals surface area (Å²) in [7, 11) is 1.54. The topological polar surface area (TPSA) is 77.5 Å². The number of aryl methyl sites for hydroxylation is 1. The molecule has 112 valence electrons. The molecule has 1 rings (SSSR count). The van der Waals surface area contributed by atoms with Crippen molar-refractivity contribution in [3.05, 3.63) is 16.1 Å². The quantitative estimate of drug-likeness (QED) is 0.727. The van der Waals surface area contributed by atoms with E-state index in [2.05, 4.69) is 10.3 Å². The molecule has 1 atom stereocenters. The molecule has 0 fully saturated rings. The van der Waals surface area contributed by atoms with Crippen molar-refractivity contribution in [2.75, 3.05) is 20.3 Å². The summed E-state index contributed by atoms with van der Waals surface area (Å²) in [4.78, 5) is 27.9. The van der Waals surface area contributed by atoms with E-state index < -0.39 is 12.0 Å². The summed E-state index contributed by atoms with van der Waals surface area (Å²) in [5.74, 6) is -0.684. The smallest absolute Gasteiger partial charge is 0.328 e. The molecule has 0 saturated carbocycles. The third-order valence-corrected chi connectivity index (χ3v) is 3.35. The predicted molar refractivity (Wildman–Crippen MR) is 75.6 cm³/mol. The predicted octanol–water partition coefficient (Wildman–Crippen LogP) is 1.08. The number of rotatable bonds is 8. The molecule has 20 heavy (non-hydrogen) atoms. The van der Waals surface area contributed by atoms with Crippen LogP contribution in [0.2, 0.25) is 0 Å². The molecule has 6 nitrogen and oxygen atoms in total. The van der Waals surface area contributed by atoms with Crippen LogP contribution >= 0.6 is 11.3 Å². The Kier molecular flexibility index (Phi) is 7.17. The van der Waals surface area contributed by atoms with E-state index in [1.54, 1.807) is 14.0 Å². The highest BCUT2D eigenvalue weighted by atomic mass is 32.1.